The van der Waals surface area contributed by atoms with Crippen molar-refractivity contribution in [3.63, 3.8) is 0 Å². The fourth-order valence-electron chi connectivity index (χ4n) is 1.55. The van der Waals surface area contributed by atoms with Crippen molar-refractivity contribution in [2.75, 3.05) is 19.7 Å². The predicted octanol–water partition coefficient (Wildman–Crippen LogP) is 0.767. The second-order valence-electron chi connectivity index (χ2n) is 3.54. The van der Waals surface area contributed by atoms with Crippen molar-refractivity contribution in [3.05, 3.63) is 0 Å². The molecule has 5 heteroatoms. The lowest BCUT2D eigenvalue weighted by Crippen LogP contribution is -2.39. The molecular formula is C7H12F3NO. The Labute approximate surface area is 68.8 Å². The van der Waals surface area contributed by atoms with Crippen LogP contribution < -0.4 is 5.32 Å². The molecule has 1 aliphatic rings. The van der Waals surface area contributed by atoms with E-state index in [1.54, 1.807) is 0 Å². The molecule has 0 radical (unpaired) electrons. The highest BCUT2D eigenvalue weighted by Gasteiger charge is 2.53. The molecular weight excluding hydrogens is 171 g/mol. The summed E-state index contributed by atoms with van der Waals surface area (Å²) in [5, 5.41) is 11.5. The SMILES string of the molecule is CC1(CO)CNCC1C(F)(F)F. The van der Waals surface area contributed by atoms with Crippen molar-refractivity contribution in [2.45, 2.75) is 13.1 Å². The Morgan fingerprint density at radius 3 is 2.50 bits per heavy atom. The first-order chi connectivity index (χ1) is 5.40. The van der Waals surface area contributed by atoms with Crippen molar-refractivity contribution in [2.24, 2.45) is 11.3 Å². The molecule has 1 heterocycles. The fraction of sp³-hybridized carbons (Fsp3) is 1.00. The van der Waals surface area contributed by atoms with E-state index in [0.717, 1.165) is 0 Å². The molecule has 2 nitrogen and oxygen atoms in total. The highest BCUT2D eigenvalue weighted by atomic mass is 19.4. The molecule has 2 atom stereocenters. The minimum atomic E-state index is -4.21. The number of rotatable bonds is 1. The van der Waals surface area contributed by atoms with Gasteiger partial charge >= 0.3 is 6.18 Å². The number of hydrogen-bond acceptors (Lipinski definition) is 2. The highest BCUT2D eigenvalue weighted by molar-refractivity contribution is 4.94. The normalized spacial score (nSPS) is 37.2. The second-order valence-corrected chi connectivity index (χ2v) is 3.54. The van der Waals surface area contributed by atoms with Gasteiger partial charge in [-0.1, -0.05) is 6.92 Å². The molecule has 1 fully saturated rings. The van der Waals surface area contributed by atoms with E-state index in [9.17, 15) is 13.2 Å². The summed E-state index contributed by atoms with van der Waals surface area (Å²) in [6, 6.07) is 0. The molecule has 0 bridgehead atoms. The molecule has 0 amide bonds. The van der Waals surface area contributed by atoms with Gasteiger partial charge < -0.3 is 10.4 Å². The van der Waals surface area contributed by atoms with E-state index >= 15 is 0 Å². The molecule has 2 unspecified atom stereocenters. The summed E-state index contributed by atoms with van der Waals surface area (Å²) in [5.41, 5.74) is -1.04. The summed E-state index contributed by atoms with van der Waals surface area (Å²) in [4.78, 5) is 0. The van der Waals surface area contributed by atoms with Crippen molar-refractivity contribution >= 4 is 0 Å². The summed E-state index contributed by atoms with van der Waals surface area (Å²) in [7, 11) is 0. The van der Waals surface area contributed by atoms with Crippen molar-refractivity contribution in [1.82, 2.24) is 5.32 Å². The Kier molecular flexibility index (Phi) is 2.35. The molecule has 0 aromatic heterocycles. The molecule has 2 N–H and O–H groups in total. The van der Waals surface area contributed by atoms with Crippen molar-refractivity contribution in [3.8, 4) is 0 Å². The summed E-state index contributed by atoms with van der Waals surface area (Å²) in [6.07, 6.45) is -4.21. The van der Waals surface area contributed by atoms with Crippen LogP contribution in [-0.2, 0) is 0 Å². The van der Waals surface area contributed by atoms with Gasteiger partial charge in [-0.25, -0.2) is 0 Å². The average Bonchev–Trinajstić information content (AvgIpc) is 2.31. The van der Waals surface area contributed by atoms with Gasteiger partial charge in [0.05, 0.1) is 12.5 Å². The highest BCUT2D eigenvalue weighted by Crippen LogP contribution is 2.41. The Morgan fingerprint density at radius 2 is 2.17 bits per heavy atom. The number of hydrogen-bond donors (Lipinski definition) is 2. The fourth-order valence-corrected chi connectivity index (χ4v) is 1.55. The summed E-state index contributed by atoms with van der Waals surface area (Å²) in [6.45, 7) is 1.17. The number of alkyl halides is 3. The van der Waals surface area contributed by atoms with E-state index < -0.39 is 24.1 Å². The quantitative estimate of drug-likeness (QED) is 0.629. The zero-order valence-corrected chi connectivity index (χ0v) is 6.78. The van der Waals surface area contributed by atoms with E-state index in [1.165, 1.54) is 6.92 Å². The molecule has 0 aliphatic carbocycles. The van der Waals surface area contributed by atoms with Gasteiger partial charge in [0.15, 0.2) is 0 Å². The van der Waals surface area contributed by atoms with Crippen LogP contribution in [0.2, 0.25) is 0 Å². The predicted molar refractivity (Wildman–Crippen MR) is 37.6 cm³/mol. The maximum absolute atomic E-state index is 12.3. The van der Waals surface area contributed by atoms with Gasteiger partial charge in [-0.3, -0.25) is 0 Å². The molecule has 1 rings (SSSR count). The third-order valence-corrected chi connectivity index (χ3v) is 2.47. The van der Waals surface area contributed by atoms with Gasteiger partial charge in [-0.2, -0.15) is 13.2 Å². The van der Waals surface area contributed by atoms with Crippen molar-refractivity contribution in [1.29, 1.82) is 0 Å². The van der Waals surface area contributed by atoms with Crippen molar-refractivity contribution < 1.29 is 18.3 Å². The van der Waals surface area contributed by atoms with Gasteiger partial charge in [0, 0.05) is 18.5 Å². The average molecular weight is 183 g/mol. The van der Waals surface area contributed by atoms with E-state index in [2.05, 4.69) is 5.32 Å². The first kappa shape index (κ1) is 9.80. The topological polar surface area (TPSA) is 32.3 Å². The first-order valence-corrected chi connectivity index (χ1v) is 3.78. The lowest BCUT2D eigenvalue weighted by molar-refractivity contribution is -0.197. The van der Waals surface area contributed by atoms with Crippen LogP contribution in [0.1, 0.15) is 6.92 Å². The zero-order valence-electron chi connectivity index (χ0n) is 6.78. The minimum absolute atomic E-state index is 0.0828. The second kappa shape index (κ2) is 2.88. The lowest BCUT2D eigenvalue weighted by atomic mass is 9.80. The molecule has 1 saturated heterocycles. The molecule has 72 valence electrons. The first-order valence-electron chi connectivity index (χ1n) is 3.78. The van der Waals surface area contributed by atoms with Crippen LogP contribution in [-0.4, -0.2) is 31.0 Å². The van der Waals surface area contributed by atoms with Crippen LogP contribution in [0.4, 0.5) is 13.2 Å². The van der Waals surface area contributed by atoms with Crippen LogP contribution in [0.25, 0.3) is 0 Å². The van der Waals surface area contributed by atoms with Crippen LogP contribution in [0.5, 0.6) is 0 Å². The third kappa shape index (κ3) is 1.56. The zero-order chi connectivity index (χ0) is 9.41. The van der Waals surface area contributed by atoms with Crippen LogP contribution >= 0.6 is 0 Å². The molecule has 12 heavy (non-hydrogen) atoms. The van der Waals surface area contributed by atoms with Crippen LogP contribution in [0.15, 0.2) is 0 Å². The number of aliphatic hydroxyl groups is 1. The van der Waals surface area contributed by atoms with Crippen LogP contribution in [0, 0.1) is 11.3 Å². The summed E-state index contributed by atoms with van der Waals surface area (Å²) >= 11 is 0. The summed E-state index contributed by atoms with van der Waals surface area (Å²) in [5.74, 6) is -1.42. The van der Waals surface area contributed by atoms with E-state index in [0.29, 0.717) is 0 Å². The maximum Gasteiger partial charge on any atom is 0.393 e. The van der Waals surface area contributed by atoms with E-state index in [1.807, 2.05) is 0 Å². The van der Waals surface area contributed by atoms with E-state index in [4.69, 9.17) is 5.11 Å². The van der Waals surface area contributed by atoms with E-state index in [-0.39, 0.29) is 13.1 Å². The molecule has 0 aromatic carbocycles. The lowest BCUT2D eigenvalue weighted by Gasteiger charge is -2.29. The molecule has 0 saturated carbocycles. The van der Waals surface area contributed by atoms with Gasteiger partial charge in [-0.15, -0.1) is 0 Å². The van der Waals surface area contributed by atoms with Gasteiger partial charge in [0.1, 0.15) is 0 Å². The minimum Gasteiger partial charge on any atom is -0.396 e. The summed E-state index contributed by atoms with van der Waals surface area (Å²) < 4.78 is 36.9. The number of aliphatic hydroxyl groups excluding tert-OH is 1. The van der Waals surface area contributed by atoms with Crippen LogP contribution in [0.3, 0.4) is 0 Å². The largest absolute Gasteiger partial charge is 0.396 e. The smallest absolute Gasteiger partial charge is 0.393 e. The molecule has 0 aromatic rings. The number of nitrogens with one attached hydrogen (secondary N) is 1. The Balaban J connectivity index is 2.77. The Hall–Kier alpha value is -0.290. The number of halogens is 3. The Bertz CT molecular complexity index is 171. The standard InChI is InChI=1S/C7H12F3NO/c1-6(4-12)3-11-2-5(6)7(8,9)10/h5,11-12H,2-4H2,1H3. The monoisotopic (exact) mass is 183 g/mol. The third-order valence-electron chi connectivity index (χ3n) is 2.47. The maximum atomic E-state index is 12.3. The Morgan fingerprint density at radius 1 is 1.58 bits per heavy atom. The van der Waals surface area contributed by atoms with Gasteiger partial charge in [-0.05, 0) is 0 Å². The van der Waals surface area contributed by atoms with Gasteiger partial charge in [0.25, 0.3) is 0 Å². The molecule has 0 spiro atoms. The van der Waals surface area contributed by atoms with Gasteiger partial charge in [0.2, 0.25) is 0 Å². The molecule has 1 aliphatic heterocycles.